The minimum absolute atomic E-state index is 0.230. The highest BCUT2D eigenvalue weighted by atomic mass is 16.5. The second kappa shape index (κ2) is 5.77. The van der Waals surface area contributed by atoms with Crippen LogP contribution in [0.3, 0.4) is 0 Å². The molecule has 0 saturated heterocycles. The molecule has 0 atom stereocenters. The lowest BCUT2D eigenvalue weighted by atomic mass is 10.1. The zero-order valence-electron chi connectivity index (χ0n) is 12.7. The fourth-order valence-electron chi connectivity index (χ4n) is 2.50. The van der Waals surface area contributed by atoms with Crippen molar-refractivity contribution in [1.29, 1.82) is 0 Å². The van der Waals surface area contributed by atoms with Gasteiger partial charge in [-0.05, 0) is 25.6 Å². The summed E-state index contributed by atoms with van der Waals surface area (Å²) < 4.78 is 10.1. The van der Waals surface area contributed by atoms with Crippen LogP contribution in [0.1, 0.15) is 17.0 Å². The second-order valence-corrected chi connectivity index (χ2v) is 5.53. The molecule has 2 aromatic heterocycles. The molecule has 2 N–H and O–H groups in total. The van der Waals surface area contributed by atoms with Crippen LogP contribution in [0.5, 0.6) is 11.5 Å². The molecule has 0 aliphatic heterocycles. The number of nitrogens with zero attached hydrogens (tertiary/aromatic N) is 2. The zero-order chi connectivity index (χ0) is 16.6. The van der Waals surface area contributed by atoms with E-state index >= 15 is 0 Å². The van der Waals surface area contributed by atoms with Gasteiger partial charge in [-0.2, -0.15) is 0 Å². The molecule has 0 radical (unpaired) electrons. The van der Waals surface area contributed by atoms with E-state index in [1.54, 1.807) is 0 Å². The van der Waals surface area contributed by atoms with Crippen molar-refractivity contribution < 1.29 is 19.2 Å². The SMILES string of the molecule is Cc1cc(CN(C)Cc2cc(=O)oc3cc(O)c(O)cc23)no1. The summed E-state index contributed by atoms with van der Waals surface area (Å²) in [7, 11) is 1.88. The van der Waals surface area contributed by atoms with Gasteiger partial charge in [0.15, 0.2) is 11.5 Å². The number of aromatic nitrogens is 1. The fourth-order valence-corrected chi connectivity index (χ4v) is 2.50. The Morgan fingerprint density at radius 1 is 1.13 bits per heavy atom. The van der Waals surface area contributed by atoms with Gasteiger partial charge >= 0.3 is 5.63 Å². The Morgan fingerprint density at radius 2 is 1.87 bits per heavy atom. The molecule has 0 unspecified atom stereocenters. The molecule has 2 heterocycles. The van der Waals surface area contributed by atoms with Gasteiger partial charge in [-0.3, -0.25) is 4.90 Å². The van der Waals surface area contributed by atoms with Gasteiger partial charge in [0, 0.05) is 36.7 Å². The van der Waals surface area contributed by atoms with E-state index in [2.05, 4.69) is 5.16 Å². The van der Waals surface area contributed by atoms with E-state index in [0.29, 0.717) is 24.0 Å². The van der Waals surface area contributed by atoms with Crippen molar-refractivity contribution in [3.05, 3.63) is 51.7 Å². The van der Waals surface area contributed by atoms with Crippen LogP contribution in [0.2, 0.25) is 0 Å². The molecule has 0 bridgehead atoms. The van der Waals surface area contributed by atoms with E-state index in [0.717, 1.165) is 11.5 Å². The van der Waals surface area contributed by atoms with Crippen LogP contribution in [0.4, 0.5) is 0 Å². The number of aryl methyl sites for hydroxylation is 1. The lowest BCUT2D eigenvalue weighted by molar-refractivity contribution is 0.302. The molecule has 3 rings (SSSR count). The summed E-state index contributed by atoms with van der Waals surface area (Å²) >= 11 is 0. The molecular weight excluding hydrogens is 300 g/mol. The summed E-state index contributed by atoms with van der Waals surface area (Å²) in [6.07, 6.45) is 0. The number of phenolic OH excluding ortho intramolecular Hbond substituents is 2. The van der Waals surface area contributed by atoms with Gasteiger partial charge in [0.25, 0.3) is 0 Å². The lowest BCUT2D eigenvalue weighted by Crippen LogP contribution is -2.18. The van der Waals surface area contributed by atoms with E-state index in [-0.39, 0.29) is 17.1 Å². The maximum absolute atomic E-state index is 11.7. The molecule has 7 nitrogen and oxygen atoms in total. The minimum Gasteiger partial charge on any atom is -0.504 e. The maximum atomic E-state index is 11.7. The predicted octanol–water partition coefficient (Wildman–Crippen LogP) is 2.13. The average Bonchev–Trinajstić information content (AvgIpc) is 2.86. The lowest BCUT2D eigenvalue weighted by Gasteiger charge is -2.16. The number of hydrogen-bond donors (Lipinski definition) is 2. The third-order valence-corrected chi connectivity index (χ3v) is 3.47. The number of hydrogen-bond acceptors (Lipinski definition) is 7. The highest BCUT2D eigenvalue weighted by Crippen LogP contribution is 2.31. The van der Waals surface area contributed by atoms with Gasteiger partial charge < -0.3 is 19.2 Å². The Kier molecular flexibility index (Phi) is 3.79. The first kappa shape index (κ1) is 15.1. The molecule has 23 heavy (non-hydrogen) atoms. The first-order chi connectivity index (χ1) is 10.9. The molecule has 0 saturated carbocycles. The summed E-state index contributed by atoms with van der Waals surface area (Å²) in [6, 6.07) is 5.84. The van der Waals surface area contributed by atoms with Crippen LogP contribution in [0.15, 0.2) is 38.0 Å². The molecule has 1 aromatic carbocycles. The van der Waals surface area contributed by atoms with Gasteiger partial charge in [-0.1, -0.05) is 5.16 Å². The van der Waals surface area contributed by atoms with Gasteiger partial charge in [0.2, 0.25) is 0 Å². The van der Waals surface area contributed by atoms with Gasteiger partial charge in [-0.15, -0.1) is 0 Å². The van der Waals surface area contributed by atoms with Crippen molar-refractivity contribution in [2.75, 3.05) is 7.05 Å². The largest absolute Gasteiger partial charge is 0.504 e. The van der Waals surface area contributed by atoms with Crippen LogP contribution in [0.25, 0.3) is 11.0 Å². The van der Waals surface area contributed by atoms with Gasteiger partial charge in [0.1, 0.15) is 11.3 Å². The Morgan fingerprint density at radius 3 is 2.57 bits per heavy atom. The van der Waals surface area contributed by atoms with E-state index in [4.69, 9.17) is 8.94 Å². The second-order valence-electron chi connectivity index (χ2n) is 5.53. The predicted molar refractivity (Wildman–Crippen MR) is 82.2 cm³/mol. The van der Waals surface area contributed by atoms with E-state index < -0.39 is 5.63 Å². The van der Waals surface area contributed by atoms with Crippen molar-refractivity contribution in [2.24, 2.45) is 0 Å². The normalized spacial score (nSPS) is 11.4. The number of phenols is 2. The van der Waals surface area contributed by atoms with E-state index in [9.17, 15) is 15.0 Å². The third-order valence-electron chi connectivity index (χ3n) is 3.47. The summed E-state index contributed by atoms with van der Waals surface area (Å²) in [5.74, 6) is 0.145. The number of benzene rings is 1. The van der Waals surface area contributed by atoms with Crippen molar-refractivity contribution >= 4 is 11.0 Å². The highest BCUT2D eigenvalue weighted by molar-refractivity contribution is 5.83. The van der Waals surface area contributed by atoms with Crippen LogP contribution in [-0.2, 0) is 13.1 Å². The minimum atomic E-state index is -0.511. The maximum Gasteiger partial charge on any atom is 0.336 e. The Bertz CT molecular complexity index is 912. The Balaban J connectivity index is 1.92. The van der Waals surface area contributed by atoms with Crippen molar-refractivity contribution in [1.82, 2.24) is 10.1 Å². The third kappa shape index (κ3) is 3.19. The van der Waals surface area contributed by atoms with Crippen LogP contribution in [-0.4, -0.2) is 27.3 Å². The smallest absolute Gasteiger partial charge is 0.336 e. The number of fused-ring (bicyclic) bond motifs is 1. The number of aromatic hydroxyl groups is 2. The first-order valence-corrected chi connectivity index (χ1v) is 7.02. The molecule has 0 aliphatic rings. The van der Waals surface area contributed by atoms with Crippen molar-refractivity contribution in [3.8, 4) is 11.5 Å². The standard InChI is InChI=1S/C16H16N2O5/c1-9-3-11(17-23-9)8-18(2)7-10-4-16(21)22-15-6-14(20)13(19)5-12(10)15/h3-6,19-20H,7-8H2,1-2H3. The zero-order valence-corrected chi connectivity index (χ0v) is 12.7. The Hall–Kier alpha value is -2.80. The fraction of sp³-hybridized carbons (Fsp3) is 0.250. The van der Waals surface area contributed by atoms with Gasteiger partial charge in [0.05, 0.1) is 5.69 Å². The van der Waals surface area contributed by atoms with Crippen LogP contribution < -0.4 is 5.63 Å². The van der Waals surface area contributed by atoms with E-state index in [1.807, 2.05) is 24.9 Å². The molecule has 120 valence electrons. The molecule has 0 amide bonds. The van der Waals surface area contributed by atoms with Crippen LogP contribution >= 0.6 is 0 Å². The quantitative estimate of drug-likeness (QED) is 0.562. The van der Waals surface area contributed by atoms with Crippen LogP contribution in [0, 0.1) is 6.92 Å². The summed E-state index contributed by atoms with van der Waals surface area (Å²) in [4.78, 5) is 13.6. The first-order valence-electron chi connectivity index (χ1n) is 7.02. The summed E-state index contributed by atoms with van der Waals surface area (Å²) in [6.45, 7) is 2.81. The monoisotopic (exact) mass is 316 g/mol. The van der Waals surface area contributed by atoms with E-state index in [1.165, 1.54) is 18.2 Å². The number of rotatable bonds is 4. The van der Waals surface area contributed by atoms with Crippen molar-refractivity contribution in [3.63, 3.8) is 0 Å². The molecule has 0 aliphatic carbocycles. The summed E-state index contributed by atoms with van der Waals surface area (Å²) in [5, 5.41) is 23.7. The molecule has 0 fully saturated rings. The van der Waals surface area contributed by atoms with Crippen molar-refractivity contribution in [2.45, 2.75) is 20.0 Å². The topological polar surface area (TPSA) is 99.9 Å². The molecular formula is C16H16N2O5. The summed E-state index contributed by atoms with van der Waals surface area (Å²) in [5.41, 5.74) is 1.20. The Labute approximate surface area is 131 Å². The molecule has 7 heteroatoms. The van der Waals surface area contributed by atoms with Gasteiger partial charge in [-0.25, -0.2) is 4.79 Å². The molecule has 0 spiro atoms. The highest BCUT2D eigenvalue weighted by Gasteiger charge is 2.13. The average molecular weight is 316 g/mol. The molecule has 3 aromatic rings.